The van der Waals surface area contributed by atoms with E-state index in [1.165, 1.54) is 6.33 Å². The number of hydrogen-bond donors (Lipinski definition) is 1. The van der Waals surface area contributed by atoms with Gasteiger partial charge in [-0.3, -0.25) is 0 Å². The fraction of sp³-hybridized carbons (Fsp3) is 0.308. The minimum Gasteiger partial charge on any atom is -0.357 e. The zero-order chi connectivity index (χ0) is 14.8. The van der Waals surface area contributed by atoms with Crippen LogP contribution in [0, 0.1) is 6.92 Å². The molecule has 108 valence electrons. The standard InChI is InChI=1S/C13H15N7O/c1-8-10-11(17-7-18-12(10)21-19-8)20(3)6-9-4-15-13(14-2)16-5-9/h4-5,7H,6H2,1-3H3,(H,14,15,16). The first-order chi connectivity index (χ1) is 10.2. The van der Waals surface area contributed by atoms with Crippen LogP contribution < -0.4 is 10.2 Å². The lowest BCUT2D eigenvalue weighted by molar-refractivity contribution is 0.442. The third-order valence-electron chi connectivity index (χ3n) is 3.13. The summed E-state index contributed by atoms with van der Waals surface area (Å²) in [5.74, 6) is 1.37. The summed E-state index contributed by atoms with van der Waals surface area (Å²) in [6, 6.07) is 0. The minimum absolute atomic E-state index is 0.492. The van der Waals surface area contributed by atoms with E-state index in [4.69, 9.17) is 4.52 Å². The number of nitrogens with one attached hydrogen (secondary N) is 1. The molecule has 3 rings (SSSR count). The molecule has 0 aliphatic carbocycles. The molecule has 0 atom stereocenters. The second-order valence-electron chi connectivity index (χ2n) is 4.67. The number of aryl methyl sites for hydroxylation is 1. The quantitative estimate of drug-likeness (QED) is 0.768. The highest BCUT2D eigenvalue weighted by Crippen LogP contribution is 2.25. The third-order valence-corrected chi connectivity index (χ3v) is 3.13. The number of hydrogen-bond acceptors (Lipinski definition) is 8. The number of fused-ring (bicyclic) bond motifs is 1. The first-order valence-electron chi connectivity index (χ1n) is 6.46. The molecule has 0 aliphatic heterocycles. The molecule has 0 saturated carbocycles. The van der Waals surface area contributed by atoms with Crippen LogP contribution in [-0.4, -0.2) is 39.2 Å². The van der Waals surface area contributed by atoms with E-state index in [2.05, 4.69) is 30.4 Å². The summed E-state index contributed by atoms with van der Waals surface area (Å²) in [5.41, 5.74) is 2.25. The first kappa shape index (κ1) is 13.2. The molecule has 8 nitrogen and oxygen atoms in total. The average molecular weight is 285 g/mol. The van der Waals surface area contributed by atoms with Gasteiger partial charge in [0.05, 0.1) is 5.69 Å². The van der Waals surface area contributed by atoms with E-state index in [1.807, 2.05) is 18.9 Å². The van der Waals surface area contributed by atoms with Gasteiger partial charge in [-0.05, 0) is 6.92 Å². The van der Waals surface area contributed by atoms with Gasteiger partial charge in [0.25, 0.3) is 5.71 Å². The summed E-state index contributed by atoms with van der Waals surface area (Å²) in [7, 11) is 3.73. The van der Waals surface area contributed by atoms with E-state index >= 15 is 0 Å². The molecule has 0 unspecified atom stereocenters. The SMILES string of the molecule is CNc1ncc(CN(C)c2ncnc3onc(C)c23)cn1. The van der Waals surface area contributed by atoms with Crippen molar-refractivity contribution in [2.75, 3.05) is 24.3 Å². The van der Waals surface area contributed by atoms with Gasteiger partial charge >= 0.3 is 0 Å². The van der Waals surface area contributed by atoms with Crippen LogP contribution in [0.2, 0.25) is 0 Å². The zero-order valence-corrected chi connectivity index (χ0v) is 12.0. The summed E-state index contributed by atoms with van der Waals surface area (Å²) < 4.78 is 5.16. The summed E-state index contributed by atoms with van der Waals surface area (Å²) in [4.78, 5) is 18.8. The van der Waals surface area contributed by atoms with Crippen molar-refractivity contribution in [1.82, 2.24) is 25.1 Å². The van der Waals surface area contributed by atoms with Crippen LogP contribution in [0.4, 0.5) is 11.8 Å². The molecule has 0 aliphatic rings. The minimum atomic E-state index is 0.492. The van der Waals surface area contributed by atoms with Gasteiger partial charge in [-0.2, -0.15) is 4.98 Å². The molecule has 3 heterocycles. The molecule has 0 fully saturated rings. The van der Waals surface area contributed by atoms with E-state index in [-0.39, 0.29) is 0 Å². The molecule has 0 saturated heterocycles. The Balaban J connectivity index is 1.89. The molecule has 21 heavy (non-hydrogen) atoms. The largest absolute Gasteiger partial charge is 0.357 e. The Morgan fingerprint density at radius 1 is 1.19 bits per heavy atom. The molecule has 0 radical (unpaired) electrons. The molecule has 3 aromatic rings. The normalized spacial score (nSPS) is 10.8. The summed E-state index contributed by atoms with van der Waals surface area (Å²) in [5, 5.41) is 7.65. The van der Waals surface area contributed by atoms with Crippen molar-refractivity contribution in [3.05, 3.63) is 30.0 Å². The Morgan fingerprint density at radius 2 is 1.95 bits per heavy atom. The molecule has 0 aromatic carbocycles. The van der Waals surface area contributed by atoms with Crippen molar-refractivity contribution in [2.24, 2.45) is 0 Å². The van der Waals surface area contributed by atoms with Crippen molar-refractivity contribution in [3.8, 4) is 0 Å². The van der Waals surface area contributed by atoms with E-state index in [0.29, 0.717) is 18.2 Å². The van der Waals surface area contributed by atoms with Crippen LogP contribution in [0.25, 0.3) is 11.1 Å². The maximum Gasteiger partial charge on any atom is 0.263 e. The van der Waals surface area contributed by atoms with E-state index in [1.54, 1.807) is 19.4 Å². The van der Waals surface area contributed by atoms with Crippen molar-refractivity contribution < 1.29 is 4.52 Å². The molecule has 0 spiro atoms. The fourth-order valence-electron chi connectivity index (χ4n) is 2.11. The van der Waals surface area contributed by atoms with Gasteiger partial charge in [0.15, 0.2) is 0 Å². The fourth-order valence-corrected chi connectivity index (χ4v) is 2.11. The Bertz CT molecular complexity index is 753. The highest BCUT2D eigenvalue weighted by molar-refractivity contribution is 5.87. The predicted octanol–water partition coefficient (Wildman–Crippen LogP) is 1.39. The Hall–Kier alpha value is -2.77. The smallest absolute Gasteiger partial charge is 0.263 e. The third kappa shape index (κ3) is 2.47. The van der Waals surface area contributed by atoms with Crippen molar-refractivity contribution in [2.45, 2.75) is 13.5 Å². The number of aromatic nitrogens is 5. The van der Waals surface area contributed by atoms with Crippen LogP contribution in [0.15, 0.2) is 23.2 Å². The molecular formula is C13H15N7O. The summed E-state index contributed by atoms with van der Waals surface area (Å²) >= 11 is 0. The predicted molar refractivity (Wildman–Crippen MR) is 78.0 cm³/mol. The first-order valence-corrected chi connectivity index (χ1v) is 6.46. The van der Waals surface area contributed by atoms with Gasteiger partial charge in [-0.15, -0.1) is 0 Å². The molecule has 8 heteroatoms. The Kier molecular flexibility index (Phi) is 3.35. The second kappa shape index (κ2) is 5.31. The van der Waals surface area contributed by atoms with Gasteiger partial charge in [-0.1, -0.05) is 5.16 Å². The number of rotatable bonds is 4. The maximum absolute atomic E-state index is 5.16. The molecule has 3 aromatic heterocycles. The lowest BCUT2D eigenvalue weighted by Crippen LogP contribution is -2.18. The number of nitrogens with zero attached hydrogens (tertiary/aromatic N) is 6. The van der Waals surface area contributed by atoms with Crippen LogP contribution in [-0.2, 0) is 6.54 Å². The molecular weight excluding hydrogens is 270 g/mol. The summed E-state index contributed by atoms with van der Waals surface area (Å²) in [6.45, 7) is 2.50. The number of anilines is 2. The van der Waals surface area contributed by atoms with Gasteiger partial charge in [0, 0.05) is 38.6 Å². The lowest BCUT2D eigenvalue weighted by atomic mass is 10.2. The highest BCUT2D eigenvalue weighted by Gasteiger charge is 2.15. The monoisotopic (exact) mass is 285 g/mol. The maximum atomic E-state index is 5.16. The van der Waals surface area contributed by atoms with E-state index < -0.39 is 0 Å². The van der Waals surface area contributed by atoms with Crippen molar-refractivity contribution >= 4 is 22.9 Å². The van der Waals surface area contributed by atoms with Crippen molar-refractivity contribution in [3.63, 3.8) is 0 Å². The van der Waals surface area contributed by atoms with Crippen LogP contribution in [0.3, 0.4) is 0 Å². The summed E-state index contributed by atoms with van der Waals surface area (Å²) in [6.07, 6.45) is 5.04. The van der Waals surface area contributed by atoms with Gasteiger partial charge < -0.3 is 14.7 Å². The van der Waals surface area contributed by atoms with Gasteiger partial charge in [-0.25, -0.2) is 15.0 Å². The topological polar surface area (TPSA) is 92.9 Å². The van der Waals surface area contributed by atoms with E-state index in [9.17, 15) is 0 Å². The van der Waals surface area contributed by atoms with Crippen LogP contribution in [0.1, 0.15) is 11.3 Å². The van der Waals surface area contributed by atoms with Crippen molar-refractivity contribution in [1.29, 1.82) is 0 Å². The molecule has 0 bridgehead atoms. The van der Waals surface area contributed by atoms with Gasteiger partial charge in [0.2, 0.25) is 5.95 Å². The molecule has 1 N–H and O–H groups in total. The van der Waals surface area contributed by atoms with E-state index in [0.717, 1.165) is 22.5 Å². The average Bonchev–Trinajstić information content (AvgIpc) is 2.90. The zero-order valence-electron chi connectivity index (χ0n) is 12.0. The van der Waals surface area contributed by atoms with Gasteiger partial charge in [0.1, 0.15) is 17.5 Å². The Morgan fingerprint density at radius 3 is 2.67 bits per heavy atom. The molecule has 0 amide bonds. The van der Waals surface area contributed by atoms with Crippen LogP contribution in [0.5, 0.6) is 0 Å². The highest BCUT2D eigenvalue weighted by atomic mass is 16.5. The lowest BCUT2D eigenvalue weighted by Gasteiger charge is -2.18. The second-order valence-corrected chi connectivity index (χ2v) is 4.67. The van der Waals surface area contributed by atoms with Crippen LogP contribution >= 0.6 is 0 Å². The Labute approximate surface area is 121 Å².